The number of fused-ring (bicyclic) bond motifs is 2. The fourth-order valence-electron chi connectivity index (χ4n) is 7.94. The van der Waals surface area contributed by atoms with E-state index in [9.17, 15) is 34.2 Å². The predicted octanol–water partition coefficient (Wildman–Crippen LogP) is 2.72. The molecular formula is C33H40O11. The first-order chi connectivity index (χ1) is 20.5. The van der Waals surface area contributed by atoms with Crippen LogP contribution in [0.5, 0.6) is 0 Å². The summed E-state index contributed by atoms with van der Waals surface area (Å²) in [6, 6.07) is 7.94. The number of esters is 4. The van der Waals surface area contributed by atoms with Gasteiger partial charge < -0.3 is 29.2 Å². The van der Waals surface area contributed by atoms with Crippen LogP contribution in [0.2, 0.25) is 0 Å². The van der Waals surface area contributed by atoms with Crippen molar-refractivity contribution in [2.24, 2.45) is 29.1 Å². The maximum Gasteiger partial charge on any atom is 0.338 e. The van der Waals surface area contributed by atoms with E-state index < -0.39 is 94.9 Å². The number of carbonyl (C=O) groups excluding carboxylic acids is 5. The highest BCUT2D eigenvalue weighted by Crippen LogP contribution is 2.63. The van der Waals surface area contributed by atoms with Crippen molar-refractivity contribution in [3.63, 3.8) is 0 Å². The number of ketones is 1. The number of rotatable bonds is 7. The Bertz CT molecular complexity index is 1380. The minimum absolute atomic E-state index is 0.125. The molecule has 0 saturated heterocycles. The van der Waals surface area contributed by atoms with Gasteiger partial charge in [0.2, 0.25) is 5.78 Å². The summed E-state index contributed by atoms with van der Waals surface area (Å²) in [4.78, 5) is 66.4. The first-order valence-electron chi connectivity index (χ1n) is 14.6. The maximum absolute atomic E-state index is 14.8. The highest BCUT2D eigenvalue weighted by Gasteiger charge is 2.78. The number of benzene rings is 1. The summed E-state index contributed by atoms with van der Waals surface area (Å²) >= 11 is 0. The van der Waals surface area contributed by atoms with Crippen LogP contribution in [0.1, 0.15) is 58.3 Å². The van der Waals surface area contributed by atoms with Crippen molar-refractivity contribution in [3.8, 4) is 0 Å². The summed E-state index contributed by atoms with van der Waals surface area (Å²) in [5.41, 5.74) is -5.87. The lowest BCUT2D eigenvalue weighted by atomic mass is 9.53. The summed E-state index contributed by atoms with van der Waals surface area (Å²) in [7, 11) is 0. The number of hydrogen-bond donors (Lipinski definition) is 2. The van der Waals surface area contributed by atoms with Crippen LogP contribution in [0.25, 0.3) is 0 Å². The van der Waals surface area contributed by atoms with Crippen LogP contribution in [0.4, 0.5) is 0 Å². The Morgan fingerprint density at radius 1 is 0.955 bits per heavy atom. The minimum Gasteiger partial charge on any atom is -0.462 e. The number of carbonyl (C=O) groups is 5. The largest absolute Gasteiger partial charge is 0.462 e. The van der Waals surface area contributed by atoms with E-state index in [4.69, 9.17) is 18.9 Å². The van der Waals surface area contributed by atoms with E-state index in [0.717, 1.165) is 13.8 Å². The Balaban J connectivity index is 2.15. The molecule has 0 radical (unpaired) electrons. The summed E-state index contributed by atoms with van der Waals surface area (Å²) in [5.74, 6) is -8.30. The van der Waals surface area contributed by atoms with Crippen molar-refractivity contribution in [3.05, 3.63) is 60.2 Å². The molecule has 1 aromatic rings. The van der Waals surface area contributed by atoms with Gasteiger partial charge in [0.05, 0.1) is 23.5 Å². The van der Waals surface area contributed by atoms with Crippen LogP contribution in [0.3, 0.4) is 0 Å². The number of Topliss-reactive ketones (excluding diaryl/α,β-unsaturated/α-hetero) is 1. The molecule has 0 spiro atoms. The average Bonchev–Trinajstić information content (AvgIpc) is 3.18. The van der Waals surface area contributed by atoms with E-state index in [2.05, 4.69) is 6.58 Å². The van der Waals surface area contributed by atoms with E-state index in [1.807, 2.05) is 0 Å². The molecule has 0 amide bonds. The summed E-state index contributed by atoms with van der Waals surface area (Å²) in [5, 5.41) is 23.9. The van der Waals surface area contributed by atoms with Gasteiger partial charge in [0, 0.05) is 39.0 Å². The monoisotopic (exact) mass is 612 g/mol. The fraction of sp³-hybridized carbons (Fsp3) is 0.545. The molecule has 11 nitrogen and oxygen atoms in total. The zero-order valence-electron chi connectivity index (χ0n) is 25.8. The summed E-state index contributed by atoms with van der Waals surface area (Å²) < 4.78 is 23.7. The molecule has 10 unspecified atom stereocenters. The van der Waals surface area contributed by atoms with Crippen molar-refractivity contribution in [1.82, 2.24) is 0 Å². The van der Waals surface area contributed by atoms with Crippen LogP contribution in [0, 0.1) is 29.1 Å². The van der Waals surface area contributed by atoms with Gasteiger partial charge in [-0.05, 0) is 38.0 Å². The molecule has 238 valence electrons. The van der Waals surface area contributed by atoms with E-state index in [-0.39, 0.29) is 12.0 Å². The Hall–Kier alpha value is -3.83. The van der Waals surface area contributed by atoms with Crippen LogP contribution < -0.4 is 0 Å². The van der Waals surface area contributed by atoms with Crippen molar-refractivity contribution in [2.75, 3.05) is 6.61 Å². The van der Waals surface area contributed by atoms with Crippen molar-refractivity contribution in [2.45, 2.75) is 77.5 Å². The molecule has 44 heavy (non-hydrogen) atoms. The molecule has 0 heterocycles. The molecule has 0 aliphatic heterocycles. The molecule has 3 aliphatic rings. The third-order valence-corrected chi connectivity index (χ3v) is 9.35. The van der Waals surface area contributed by atoms with Gasteiger partial charge in [0.15, 0.2) is 5.60 Å². The molecular weight excluding hydrogens is 572 g/mol. The molecule has 3 aliphatic carbocycles. The quantitative estimate of drug-likeness (QED) is 0.264. The van der Waals surface area contributed by atoms with Gasteiger partial charge in [-0.15, -0.1) is 0 Å². The molecule has 1 aromatic carbocycles. The number of aliphatic hydroxyl groups excluding tert-OH is 1. The van der Waals surface area contributed by atoms with Gasteiger partial charge >= 0.3 is 23.9 Å². The first-order valence-corrected chi connectivity index (χ1v) is 14.6. The molecule has 4 rings (SSSR count). The SMILES string of the molecule is C=C(C)C1C=CC(OC(C)=O)C2(CO)C(OC(=O)c3ccccc3)C3C(OC(C)=O)C(C)CC3(OC(C)=O)C(=O)C(C)(O)C12. The zero-order valence-corrected chi connectivity index (χ0v) is 25.8. The normalized spacial score (nSPS) is 37.5. The van der Waals surface area contributed by atoms with Crippen molar-refractivity contribution >= 4 is 29.7 Å². The maximum atomic E-state index is 14.8. The summed E-state index contributed by atoms with van der Waals surface area (Å²) in [6.45, 7) is 11.2. The Morgan fingerprint density at radius 3 is 2.09 bits per heavy atom. The topological polar surface area (TPSA) is 163 Å². The molecule has 2 saturated carbocycles. The minimum atomic E-state index is -2.39. The lowest BCUT2D eigenvalue weighted by Crippen LogP contribution is -2.65. The molecule has 0 bridgehead atoms. The first kappa shape index (κ1) is 33.1. The van der Waals surface area contributed by atoms with Gasteiger partial charge in [-0.3, -0.25) is 19.2 Å². The third kappa shape index (κ3) is 5.26. The second kappa shape index (κ2) is 11.9. The summed E-state index contributed by atoms with van der Waals surface area (Å²) in [6.07, 6.45) is -1.21. The molecule has 2 N–H and O–H groups in total. The smallest absolute Gasteiger partial charge is 0.338 e. The number of allylic oxidation sites excluding steroid dienone is 2. The molecule has 11 heteroatoms. The van der Waals surface area contributed by atoms with Crippen LogP contribution in [-0.2, 0) is 38.1 Å². The number of ether oxygens (including phenoxy) is 4. The molecule has 0 aromatic heterocycles. The van der Waals surface area contributed by atoms with Crippen LogP contribution in [0.15, 0.2) is 54.6 Å². The average molecular weight is 613 g/mol. The van der Waals surface area contributed by atoms with E-state index in [1.54, 1.807) is 38.1 Å². The lowest BCUT2D eigenvalue weighted by molar-refractivity contribution is -0.208. The second-order valence-corrected chi connectivity index (χ2v) is 12.5. The zero-order chi connectivity index (χ0) is 32.8. The number of hydrogen-bond acceptors (Lipinski definition) is 11. The Kier molecular flexibility index (Phi) is 8.97. The highest BCUT2D eigenvalue weighted by atomic mass is 16.6. The standard InChI is InChI=1S/C33H40O11/c1-17(2)23-13-14-24(41-19(4)35)32(16-34)27(23)31(7,40)30(39)33(44-21(6)37)15-18(3)26(42-20(5)36)25(33)28(32)43-29(38)22-11-9-8-10-12-22/h8-14,18,23-28,34,40H,1,15-16H2,2-7H3. The molecule has 2 fully saturated rings. The van der Waals surface area contributed by atoms with Gasteiger partial charge in [0.25, 0.3) is 0 Å². The number of aliphatic hydroxyl groups is 2. The predicted molar refractivity (Wildman–Crippen MR) is 155 cm³/mol. The van der Waals surface area contributed by atoms with Gasteiger partial charge in [-0.2, -0.15) is 0 Å². The van der Waals surface area contributed by atoms with E-state index >= 15 is 0 Å². The Labute approximate surface area is 256 Å². The van der Waals surface area contributed by atoms with Gasteiger partial charge in [-0.1, -0.05) is 43.4 Å². The van der Waals surface area contributed by atoms with Crippen LogP contribution in [-0.4, -0.2) is 76.0 Å². The van der Waals surface area contributed by atoms with Crippen molar-refractivity contribution < 1.29 is 53.1 Å². The third-order valence-electron chi connectivity index (χ3n) is 9.35. The molecule has 10 atom stereocenters. The van der Waals surface area contributed by atoms with Crippen LogP contribution >= 0.6 is 0 Å². The van der Waals surface area contributed by atoms with Gasteiger partial charge in [-0.25, -0.2) is 4.79 Å². The van der Waals surface area contributed by atoms with Crippen molar-refractivity contribution in [1.29, 1.82) is 0 Å². The van der Waals surface area contributed by atoms with E-state index in [1.165, 1.54) is 32.1 Å². The lowest BCUT2D eigenvalue weighted by Gasteiger charge is -2.55. The second-order valence-electron chi connectivity index (χ2n) is 12.5. The fourth-order valence-corrected chi connectivity index (χ4v) is 7.94. The van der Waals surface area contributed by atoms with E-state index in [0.29, 0.717) is 5.57 Å². The van der Waals surface area contributed by atoms with Gasteiger partial charge in [0.1, 0.15) is 23.9 Å². The Morgan fingerprint density at radius 2 is 1.57 bits per heavy atom. The highest BCUT2D eigenvalue weighted by molar-refractivity contribution is 5.98.